The van der Waals surface area contributed by atoms with Gasteiger partial charge < -0.3 is 9.73 Å². The fourth-order valence-corrected chi connectivity index (χ4v) is 4.08. The van der Waals surface area contributed by atoms with Crippen molar-refractivity contribution >= 4 is 33.5 Å². The largest absolute Gasteiger partial charge is 0.419 e. The molecule has 7 nitrogen and oxygen atoms in total. The van der Waals surface area contributed by atoms with Crippen LogP contribution in [0.3, 0.4) is 0 Å². The van der Waals surface area contributed by atoms with E-state index in [1.54, 1.807) is 13.1 Å². The molecule has 122 valence electrons. The van der Waals surface area contributed by atoms with Gasteiger partial charge >= 0.3 is 5.76 Å². The lowest BCUT2D eigenvalue weighted by molar-refractivity contribution is 0.310. The van der Waals surface area contributed by atoms with Crippen LogP contribution in [0.4, 0.5) is 0 Å². The molecular formula is C13H18ClN3O4S. The lowest BCUT2D eigenvalue weighted by Gasteiger charge is -2.30. The van der Waals surface area contributed by atoms with E-state index in [0.29, 0.717) is 25.2 Å². The van der Waals surface area contributed by atoms with Gasteiger partial charge in [-0.15, -0.1) is 12.4 Å². The number of fused-ring (bicyclic) bond motifs is 1. The lowest BCUT2D eigenvalue weighted by atomic mass is 10.3. The number of piperazine rings is 1. The molecule has 1 aliphatic rings. The van der Waals surface area contributed by atoms with Crippen molar-refractivity contribution in [2.24, 2.45) is 7.05 Å². The molecule has 2 aromatic rings. The van der Waals surface area contributed by atoms with E-state index in [0.717, 1.165) is 0 Å². The van der Waals surface area contributed by atoms with E-state index >= 15 is 0 Å². The van der Waals surface area contributed by atoms with Crippen molar-refractivity contribution in [3.63, 3.8) is 0 Å². The highest BCUT2D eigenvalue weighted by molar-refractivity contribution is 7.89. The van der Waals surface area contributed by atoms with Crippen molar-refractivity contribution in [1.82, 2.24) is 14.2 Å². The first-order valence-electron chi connectivity index (χ1n) is 6.73. The van der Waals surface area contributed by atoms with Crippen LogP contribution in [0.5, 0.6) is 0 Å². The van der Waals surface area contributed by atoms with Crippen LogP contribution in [-0.2, 0) is 17.1 Å². The van der Waals surface area contributed by atoms with Crippen LogP contribution < -0.4 is 11.1 Å². The molecule has 2 heterocycles. The minimum atomic E-state index is -3.57. The average molecular weight is 348 g/mol. The third-order valence-corrected chi connectivity index (χ3v) is 5.59. The first-order valence-corrected chi connectivity index (χ1v) is 8.17. The van der Waals surface area contributed by atoms with Crippen LogP contribution in [0.1, 0.15) is 6.92 Å². The van der Waals surface area contributed by atoms with Crippen molar-refractivity contribution < 1.29 is 12.8 Å². The highest BCUT2D eigenvalue weighted by Gasteiger charge is 2.29. The summed E-state index contributed by atoms with van der Waals surface area (Å²) in [6, 6.07) is 4.64. The summed E-state index contributed by atoms with van der Waals surface area (Å²) in [7, 11) is -1.98. The Morgan fingerprint density at radius 3 is 2.77 bits per heavy atom. The summed E-state index contributed by atoms with van der Waals surface area (Å²) < 4.78 is 33.1. The maximum atomic E-state index is 12.6. The fraction of sp³-hybridized carbons (Fsp3) is 0.462. The number of sulfonamides is 1. The molecule has 1 aromatic carbocycles. The quantitative estimate of drug-likeness (QED) is 0.857. The van der Waals surface area contributed by atoms with Gasteiger partial charge in [0.1, 0.15) is 0 Å². The minimum absolute atomic E-state index is 0. The highest BCUT2D eigenvalue weighted by atomic mass is 35.5. The zero-order valence-electron chi connectivity index (χ0n) is 12.3. The van der Waals surface area contributed by atoms with Gasteiger partial charge in [0.05, 0.1) is 10.4 Å². The van der Waals surface area contributed by atoms with Gasteiger partial charge in [0.25, 0.3) is 0 Å². The second kappa shape index (κ2) is 6.04. The molecule has 0 saturated carbocycles. The predicted octanol–water partition coefficient (Wildman–Crippen LogP) is 0.536. The third kappa shape index (κ3) is 2.79. The number of nitrogens with zero attached hydrogens (tertiary/aromatic N) is 2. The van der Waals surface area contributed by atoms with Gasteiger partial charge in [-0.25, -0.2) is 13.2 Å². The number of nitrogens with one attached hydrogen (secondary N) is 1. The van der Waals surface area contributed by atoms with Crippen LogP contribution in [-0.4, -0.2) is 43.0 Å². The van der Waals surface area contributed by atoms with Gasteiger partial charge in [-0.2, -0.15) is 4.31 Å². The number of aryl methyl sites for hydroxylation is 1. The van der Waals surface area contributed by atoms with E-state index < -0.39 is 15.8 Å². The van der Waals surface area contributed by atoms with E-state index in [1.165, 1.54) is 21.0 Å². The molecular weight excluding hydrogens is 330 g/mol. The Bertz CT molecular complexity index is 843. The molecule has 1 atom stereocenters. The van der Waals surface area contributed by atoms with Crippen molar-refractivity contribution in [3.05, 3.63) is 28.7 Å². The van der Waals surface area contributed by atoms with Crippen LogP contribution in [0.25, 0.3) is 11.1 Å². The zero-order chi connectivity index (χ0) is 15.2. The number of rotatable bonds is 2. The maximum absolute atomic E-state index is 12.6. The Morgan fingerprint density at radius 1 is 1.36 bits per heavy atom. The Kier molecular flexibility index (Phi) is 4.67. The number of halogens is 1. The SMILES string of the molecule is C[C@@H]1CN(S(=O)(=O)c2ccc3c(c2)oc(=O)n3C)CCN1.Cl. The molecule has 1 saturated heterocycles. The lowest BCUT2D eigenvalue weighted by Crippen LogP contribution is -2.51. The smallest absolute Gasteiger partial charge is 0.408 e. The van der Waals surface area contributed by atoms with Crippen LogP contribution in [0.2, 0.25) is 0 Å². The number of hydrogen-bond acceptors (Lipinski definition) is 5. The second-order valence-corrected chi connectivity index (χ2v) is 7.21. The Morgan fingerprint density at radius 2 is 2.09 bits per heavy atom. The van der Waals surface area contributed by atoms with Gasteiger partial charge in [0, 0.05) is 38.8 Å². The summed E-state index contributed by atoms with van der Waals surface area (Å²) in [5, 5.41) is 3.21. The average Bonchev–Trinajstić information content (AvgIpc) is 2.73. The van der Waals surface area contributed by atoms with Crippen LogP contribution in [0.15, 0.2) is 32.3 Å². The number of hydrogen-bond donors (Lipinski definition) is 1. The van der Waals surface area contributed by atoms with E-state index in [2.05, 4.69) is 5.32 Å². The third-order valence-electron chi connectivity index (χ3n) is 3.73. The van der Waals surface area contributed by atoms with Gasteiger partial charge in [0.15, 0.2) is 5.58 Å². The van der Waals surface area contributed by atoms with Gasteiger partial charge in [-0.3, -0.25) is 4.57 Å². The minimum Gasteiger partial charge on any atom is -0.408 e. The first-order chi connectivity index (χ1) is 9.89. The molecule has 3 rings (SSSR count). The number of benzene rings is 1. The monoisotopic (exact) mass is 347 g/mol. The van der Waals surface area contributed by atoms with Crippen LogP contribution >= 0.6 is 12.4 Å². The first kappa shape index (κ1) is 17.0. The predicted molar refractivity (Wildman–Crippen MR) is 84.9 cm³/mol. The van der Waals surface area contributed by atoms with E-state index in [4.69, 9.17) is 4.42 Å². The van der Waals surface area contributed by atoms with E-state index in [-0.39, 0.29) is 28.9 Å². The summed E-state index contributed by atoms with van der Waals surface area (Å²) in [5.74, 6) is -0.504. The van der Waals surface area contributed by atoms with Crippen LogP contribution in [0, 0.1) is 0 Å². The Labute approximate surface area is 134 Å². The number of aromatic nitrogens is 1. The van der Waals surface area contributed by atoms with Crippen molar-refractivity contribution in [1.29, 1.82) is 0 Å². The van der Waals surface area contributed by atoms with E-state index in [1.807, 2.05) is 6.92 Å². The highest BCUT2D eigenvalue weighted by Crippen LogP contribution is 2.22. The molecule has 9 heteroatoms. The molecule has 22 heavy (non-hydrogen) atoms. The summed E-state index contributed by atoms with van der Waals surface area (Å²) in [6.07, 6.45) is 0. The molecule has 0 radical (unpaired) electrons. The molecule has 0 unspecified atom stereocenters. The normalized spacial score (nSPS) is 20.0. The van der Waals surface area contributed by atoms with Crippen molar-refractivity contribution in [2.75, 3.05) is 19.6 Å². The summed E-state index contributed by atoms with van der Waals surface area (Å²) in [4.78, 5) is 11.6. The molecule has 1 aromatic heterocycles. The molecule has 1 aliphatic heterocycles. The standard InChI is InChI=1S/C13H17N3O4S.ClH/c1-9-8-16(6-5-14-9)21(18,19)10-3-4-11-12(7-10)20-13(17)15(11)2;/h3-4,7,9,14H,5-6,8H2,1-2H3;1H/t9-;/m1./s1. The molecule has 0 bridgehead atoms. The second-order valence-electron chi connectivity index (χ2n) is 5.27. The number of oxazole rings is 1. The summed E-state index contributed by atoms with van der Waals surface area (Å²) >= 11 is 0. The van der Waals surface area contributed by atoms with Gasteiger partial charge in [0.2, 0.25) is 10.0 Å². The molecule has 1 N–H and O–H groups in total. The fourth-order valence-electron chi connectivity index (χ4n) is 2.54. The zero-order valence-corrected chi connectivity index (χ0v) is 13.9. The van der Waals surface area contributed by atoms with E-state index in [9.17, 15) is 13.2 Å². The molecule has 0 amide bonds. The topological polar surface area (TPSA) is 84.6 Å². The molecule has 1 fully saturated rings. The molecule has 0 aliphatic carbocycles. The Balaban J connectivity index is 0.00000176. The summed E-state index contributed by atoms with van der Waals surface area (Å²) in [6.45, 7) is 3.44. The van der Waals surface area contributed by atoms with Crippen molar-refractivity contribution in [2.45, 2.75) is 17.9 Å². The van der Waals surface area contributed by atoms with Crippen molar-refractivity contribution in [3.8, 4) is 0 Å². The Hall–Kier alpha value is -1.35. The summed E-state index contributed by atoms with van der Waals surface area (Å²) in [5.41, 5.74) is 0.861. The van der Waals surface area contributed by atoms with Gasteiger partial charge in [-0.1, -0.05) is 0 Å². The molecule has 0 spiro atoms. The van der Waals surface area contributed by atoms with Gasteiger partial charge in [-0.05, 0) is 19.1 Å². The maximum Gasteiger partial charge on any atom is 0.419 e.